The van der Waals surface area contributed by atoms with E-state index in [2.05, 4.69) is 10.3 Å². The number of thioether (sulfide) groups is 1. The molecule has 0 radical (unpaired) electrons. The number of nitrogens with one attached hydrogen (secondary N) is 1. The second kappa shape index (κ2) is 8.80. The first-order valence-corrected chi connectivity index (χ1v) is 8.93. The van der Waals surface area contributed by atoms with Crippen molar-refractivity contribution < 1.29 is 9.53 Å². The molecule has 1 aromatic heterocycles. The number of imidazole rings is 1. The van der Waals surface area contributed by atoms with Gasteiger partial charge in [0, 0.05) is 19.8 Å². The number of hydrogen-bond acceptors (Lipinski definition) is 4. The molecular weight excluding hydrogens is 298 g/mol. The Morgan fingerprint density at radius 3 is 3.00 bits per heavy atom. The van der Waals surface area contributed by atoms with Crippen LogP contribution < -0.4 is 5.32 Å². The van der Waals surface area contributed by atoms with Gasteiger partial charge in [-0.25, -0.2) is 4.98 Å². The van der Waals surface area contributed by atoms with E-state index in [0.29, 0.717) is 26.3 Å². The minimum atomic E-state index is 0.0157. The molecule has 0 unspecified atom stereocenters. The number of carbonyl (C=O) groups excluding carboxylic acids is 1. The third-order valence-corrected chi connectivity index (χ3v) is 3.85. The molecule has 0 saturated heterocycles. The van der Waals surface area contributed by atoms with E-state index in [9.17, 15) is 4.79 Å². The Kier molecular flexibility index (Phi) is 6.74. The number of rotatable bonds is 9. The van der Waals surface area contributed by atoms with Crippen LogP contribution in [0, 0.1) is 0 Å². The Bertz CT molecular complexity index is 612. The van der Waals surface area contributed by atoms with Crippen LogP contribution in [0.2, 0.25) is 0 Å². The number of hydrogen-bond donors (Lipinski definition) is 1. The van der Waals surface area contributed by atoms with Crippen LogP contribution in [-0.4, -0.2) is 41.5 Å². The molecule has 5 nitrogen and oxygen atoms in total. The summed E-state index contributed by atoms with van der Waals surface area (Å²) in [6.45, 7) is 4.32. The molecule has 2 rings (SSSR count). The van der Waals surface area contributed by atoms with Crippen LogP contribution in [0.15, 0.2) is 24.3 Å². The summed E-state index contributed by atoms with van der Waals surface area (Å²) in [6.07, 6.45) is 2.87. The van der Waals surface area contributed by atoms with Gasteiger partial charge in [0.25, 0.3) is 0 Å². The molecule has 0 aliphatic heterocycles. The first-order chi connectivity index (χ1) is 10.8. The quantitative estimate of drug-likeness (QED) is 0.721. The lowest BCUT2D eigenvalue weighted by molar-refractivity contribution is -0.121. The van der Waals surface area contributed by atoms with Crippen molar-refractivity contribution in [2.24, 2.45) is 0 Å². The fourth-order valence-electron chi connectivity index (χ4n) is 2.29. The molecule has 1 amide bonds. The van der Waals surface area contributed by atoms with Crippen LogP contribution in [0.1, 0.15) is 19.2 Å². The van der Waals surface area contributed by atoms with Crippen molar-refractivity contribution in [1.29, 1.82) is 0 Å². The lowest BCUT2D eigenvalue weighted by atomic mass is 10.3. The van der Waals surface area contributed by atoms with E-state index in [1.54, 1.807) is 11.8 Å². The fourth-order valence-corrected chi connectivity index (χ4v) is 2.77. The van der Waals surface area contributed by atoms with Gasteiger partial charge in [0.1, 0.15) is 12.4 Å². The fraction of sp³-hybridized carbons (Fsp3) is 0.500. The van der Waals surface area contributed by atoms with Crippen molar-refractivity contribution in [1.82, 2.24) is 14.9 Å². The molecule has 2 aromatic rings. The normalized spacial score (nSPS) is 11.0. The largest absolute Gasteiger partial charge is 0.382 e. The van der Waals surface area contributed by atoms with Crippen molar-refractivity contribution in [3.05, 3.63) is 30.1 Å². The van der Waals surface area contributed by atoms with E-state index < -0.39 is 0 Å². The first kappa shape index (κ1) is 16.8. The number of fused-ring (bicyclic) bond motifs is 1. The minimum absolute atomic E-state index is 0.0157. The molecule has 1 N–H and O–H groups in total. The Labute approximate surface area is 135 Å². The van der Waals surface area contributed by atoms with E-state index in [1.165, 1.54) is 0 Å². The van der Waals surface area contributed by atoms with E-state index in [1.807, 2.05) is 42.0 Å². The summed E-state index contributed by atoms with van der Waals surface area (Å²) in [6, 6.07) is 7.93. The average Bonchev–Trinajstić information content (AvgIpc) is 2.85. The predicted octanol–water partition coefficient (Wildman–Crippen LogP) is 2.44. The Hall–Kier alpha value is -1.53. The number of nitrogens with zero attached hydrogens (tertiary/aromatic N) is 2. The first-order valence-electron chi connectivity index (χ1n) is 7.53. The van der Waals surface area contributed by atoms with Gasteiger partial charge in [-0.3, -0.25) is 4.79 Å². The van der Waals surface area contributed by atoms with Gasteiger partial charge in [0.2, 0.25) is 5.91 Å². The predicted molar refractivity (Wildman–Crippen MR) is 91.1 cm³/mol. The maximum Gasteiger partial charge on any atom is 0.240 e. The third-order valence-electron chi connectivity index (χ3n) is 3.30. The number of benzene rings is 1. The number of carbonyl (C=O) groups is 1. The van der Waals surface area contributed by atoms with E-state index in [4.69, 9.17) is 4.74 Å². The lowest BCUT2D eigenvalue weighted by Gasteiger charge is -2.09. The standard InChI is InChI=1S/C16H23N3O2S/c1-3-21-10-6-9-17-16(20)11-19-14-8-5-4-7-13(14)18-15(19)12-22-2/h4-5,7-8H,3,6,9-12H2,1-2H3,(H,17,20). The molecule has 1 heterocycles. The molecule has 0 spiro atoms. The van der Waals surface area contributed by atoms with E-state index >= 15 is 0 Å². The number of ether oxygens (including phenoxy) is 1. The van der Waals surface area contributed by atoms with Gasteiger partial charge in [0.15, 0.2) is 0 Å². The molecule has 0 aliphatic carbocycles. The summed E-state index contributed by atoms with van der Waals surface area (Å²) >= 11 is 1.71. The zero-order valence-electron chi connectivity index (χ0n) is 13.2. The van der Waals surface area contributed by atoms with Crippen LogP contribution in [0.25, 0.3) is 11.0 Å². The van der Waals surface area contributed by atoms with Gasteiger partial charge < -0.3 is 14.6 Å². The SMILES string of the molecule is CCOCCCNC(=O)Cn1c(CSC)nc2ccccc21. The molecule has 22 heavy (non-hydrogen) atoms. The molecule has 0 bridgehead atoms. The van der Waals surface area contributed by atoms with Crippen molar-refractivity contribution >= 4 is 28.7 Å². The van der Waals surface area contributed by atoms with Crippen LogP contribution in [0.3, 0.4) is 0 Å². The summed E-state index contributed by atoms with van der Waals surface area (Å²) in [5, 5.41) is 2.94. The van der Waals surface area contributed by atoms with Gasteiger partial charge in [-0.15, -0.1) is 0 Å². The monoisotopic (exact) mass is 321 g/mol. The topological polar surface area (TPSA) is 56.1 Å². The Balaban J connectivity index is 2.00. The van der Waals surface area contributed by atoms with Gasteiger partial charge >= 0.3 is 0 Å². The van der Waals surface area contributed by atoms with Gasteiger partial charge in [0.05, 0.1) is 16.8 Å². The van der Waals surface area contributed by atoms with Crippen LogP contribution in [0.4, 0.5) is 0 Å². The molecule has 0 fully saturated rings. The second-order valence-electron chi connectivity index (χ2n) is 4.94. The minimum Gasteiger partial charge on any atom is -0.382 e. The molecule has 0 aliphatic rings. The highest BCUT2D eigenvalue weighted by atomic mass is 32.2. The molecule has 0 saturated carbocycles. The molecule has 0 atom stereocenters. The second-order valence-corrected chi connectivity index (χ2v) is 5.80. The Morgan fingerprint density at radius 1 is 1.41 bits per heavy atom. The highest BCUT2D eigenvalue weighted by molar-refractivity contribution is 7.97. The van der Waals surface area contributed by atoms with Gasteiger partial charge in [-0.2, -0.15) is 11.8 Å². The smallest absolute Gasteiger partial charge is 0.240 e. The van der Waals surface area contributed by atoms with Crippen molar-refractivity contribution in [2.75, 3.05) is 26.0 Å². The molecule has 120 valence electrons. The van der Waals surface area contributed by atoms with E-state index in [0.717, 1.165) is 29.0 Å². The number of para-hydroxylation sites is 2. The summed E-state index contributed by atoms with van der Waals surface area (Å²) in [5.41, 5.74) is 1.95. The summed E-state index contributed by atoms with van der Waals surface area (Å²) in [4.78, 5) is 16.8. The van der Waals surface area contributed by atoms with Crippen molar-refractivity contribution in [3.8, 4) is 0 Å². The van der Waals surface area contributed by atoms with Gasteiger partial charge in [-0.05, 0) is 31.7 Å². The average molecular weight is 321 g/mol. The summed E-state index contributed by atoms with van der Waals surface area (Å²) < 4.78 is 7.26. The molecule has 1 aromatic carbocycles. The van der Waals surface area contributed by atoms with Crippen LogP contribution in [-0.2, 0) is 21.8 Å². The number of amides is 1. The third kappa shape index (κ3) is 4.48. The maximum absolute atomic E-state index is 12.1. The van der Waals surface area contributed by atoms with Gasteiger partial charge in [-0.1, -0.05) is 12.1 Å². The summed E-state index contributed by atoms with van der Waals surface area (Å²) in [5.74, 6) is 1.76. The zero-order chi connectivity index (χ0) is 15.8. The zero-order valence-corrected chi connectivity index (χ0v) is 14.0. The Morgan fingerprint density at radius 2 is 2.23 bits per heavy atom. The van der Waals surface area contributed by atoms with Crippen molar-refractivity contribution in [3.63, 3.8) is 0 Å². The number of aromatic nitrogens is 2. The van der Waals surface area contributed by atoms with E-state index in [-0.39, 0.29) is 5.91 Å². The highest BCUT2D eigenvalue weighted by Gasteiger charge is 2.12. The lowest BCUT2D eigenvalue weighted by Crippen LogP contribution is -2.29. The summed E-state index contributed by atoms with van der Waals surface area (Å²) in [7, 11) is 0. The van der Waals surface area contributed by atoms with Crippen LogP contribution in [0.5, 0.6) is 0 Å². The molecular formula is C16H23N3O2S. The highest BCUT2D eigenvalue weighted by Crippen LogP contribution is 2.18. The van der Waals surface area contributed by atoms with Crippen LogP contribution >= 0.6 is 11.8 Å². The molecule has 6 heteroatoms. The van der Waals surface area contributed by atoms with Crippen molar-refractivity contribution in [2.45, 2.75) is 25.6 Å². The maximum atomic E-state index is 12.1.